The summed E-state index contributed by atoms with van der Waals surface area (Å²) in [6, 6.07) is 5.47. The Labute approximate surface area is 167 Å². The number of rotatable bonds is 10. The molecule has 27 heavy (non-hydrogen) atoms. The lowest BCUT2D eigenvalue weighted by Gasteiger charge is -2.24. The van der Waals surface area contributed by atoms with Crippen molar-refractivity contribution in [3.05, 3.63) is 28.8 Å². The summed E-state index contributed by atoms with van der Waals surface area (Å²) in [7, 11) is 1.92. The minimum atomic E-state index is -0.529. The van der Waals surface area contributed by atoms with Gasteiger partial charge in [0.05, 0.1) is 0 Å². The molecule has 1 aliphatic heterocycles. The van der Waals surface area contributed by atoms with Crippen molar-refractivity contribution in [2.24, 2.45) is 5.73 Å². The van der Waals surface area contributed by atoms with Crippen LogP contribution in [0.5, 0.6) is 5.75 Å². The van der Waals surface area contributed by atoms with Crippen LogP contribution >= 0.6 is 11.6 Å². The van der Waals surface area contributed by atoms with E-state index in [1.807, 2.05) is 24.1 Å². The number of benzene rings is 1. The highest BCUT2D eigenvalue weighted by Gasteiger charge is 2.15. The average molecular weight is 398 g/mol. The maximum Gasteiger partial charge on any atom is 0.218 e. The lowest BCUT2D eigenvalue weighted by molar-refractivity contribution is -0.118. The number of β-amino-alcohol motifs (C(OH)–C–C–N with tert-alkyl or cyclic N) is 1. The Morgan fingerprint density at radius 1 is 1.33 bits per heavy atom. The molecule has 1 saturated heterocycles. The van der Waals surface area contributed by atoms with Crippen molar-refractivity contribution in [2.45, 2.75) is 44.8 Å². The molecule has 6 nitrogen and oxygen atoms in total. The summed E-state index contributed by atoms with van der Waals surface area (Å²) in [5.74, 6) is 0.390. The summed E-state index contributed by atoms with van der Waals surface area (Å²) in [6.45, 7) is 4.14. The first-order chi connectivity index (χ1) is 12.9. The highest BCUT2D eigenvalue weighted by Crippen LogP contribution is 2.24. The van der Waals surface area contributed by atoms with Crippen LogP contribution < -0.4 is 10.5 Å². The second-order valence-electron chi connectivity index (χ2n) is 7.39. The molecule has 1 unspecified atom stereocenters. The van der Waals surface area contributed by atoms with Gasteiger partial charge in [-0.15, -0.1) is 0 Å². The number of aliphatic hydroxyl groups is 1. The topological polar surface area (TPSA) is 79.0 Å². The van der Waals surface area contributed by atoms with Gasteiger partial charge in [0.1, 0.15) is 18.5 Å². The van der Waals surface area contributed by atoms with Gasteiger partial charge in [0.25, 0.3) is 0 Å². The fourth-order valence-electron chi connectivity index (χ4n) is 3.34. The van der Waals surface area contributed by atoms with Gasteiger partial charge in [-0.3, -0.25) is 4.79 Å². The van der Waals surface area contributed by atoms with Gasteiger partial charge in [-0.2, -0.15) is 0 Å². The van der Waals surface area contributed by atoms with Gasteiger partial charge >= 0.3 is 0 Å². The van der Waals surface area contributed by atoms with Gasteiger partial charge in [0.15, 0.2) is 0 Å². The number of likely N-dealkylation sites (tertiary alicyclic amines) is 1. The van der Waals surface area contributed by atoms with Gasteiger partial charge in [-0.05, 0) is 51.2 Å². The number of amides is 1. The molecular formula is C20H32ClN3O3. The molecule has 0 spiro atoms. The van der Waals surface area contributed by atoms with E-state index in [1.54, 1.807) is 6.07 Å². The van der Waals surface area contributed by atoms with Crippen molar-refractivity contribution >= 4 is 17.5 Å². The standard InChI is InChI=1S/C20H32ClN3O3/c1-23(11-8-20(22)26)13-16-12-17(21)6-7-19(16)27-15-18(25)14-24-9-4-2-3-5-10-24/h6-7,12,18,25H,2-5,8-11,13-15H2,1H3,(H2,22,26). The molecule has 0 aliphatic carbocycles. The first-order valence-electron chi connectivity index (χ1n) is 9.72. The first-order valence-corrected chi connectivity index (χ1v) is 10.1. The molecule has 0 aromatic heterocycles. The Hall–Kier alpha value is -1.34. The first kappa shape index (κ1) is 22.0. The zero-order valence-electron chi connectivity index (χ0n) is 16.2. The normalized spacial score (nSPS) is 16.9. The average Bonchev–Trinajstić information content (AvgIpc) is 2.88. The van der Waals surface area contributed by atoms with Crippen LogP contribution in [0.3, 0.4) is 0 Å². The number of hydrogen-bond donors (Lipinski definition) is 2. The molecule has 0 saturated carbocycles. The largest absolute Gasteiger partial charge is 0.491 e. The van der Waals surface area contributed by atoms with Gasteiger partial charge in [0, 0.05) is 36.6 Å². The van der Waals surface area contributed by atoms with Gasteiger partial charge < -0.3 is 25.4 Å². The molecule has 1 fully saturated rings. The molecule has 1 amide bonds. The van der Waals surface area contributed by atoms with Crippen LogP contribution in [0.1, 0.15) is 37.7 Å². The number of carbonyl (C=O) groups is 1. The van der Waals surface area contributed by atoms with Crippen LogP contribution in [0.15, 0.2) is 18.2 Å². The van der Waals surface area contributed by atoms with Crippen LogP contribution in [-0.4, -0.2) is 66.8 Å². The number of carbonyl (C=O) groups excluding carboxylic acids is 1. The summed E-state index contributed by atoms with van der Waals surface area (Å²) in [5, 5.41) is 11.0. The Balaban J connectivity index is 1.88. The van der Waals surface area contributed by atoms with Crippen molar-refractivity contribution in [1.82, 2.24) is 9.80 Å². The number of hydrogen-bond acceptors (Lipinski definition) is 5. The Kier molecular flexibility index (Phi) is 9.34. The zero-order chi connectivity index (χ0) is 19.6. The maximum absolute atomic E-state index is 11.0. The van der Waals surface area contributed by atoms with Crippen molar-refractivity contribution < 1.29 is 14.6 Å². The van der Waals surface area contributed by atoms with Crippen LogP contribution in [0, 0.1) is 0 Å². The Morgan fingerprint density at radius 2 is 2.04 bits per heavy atom. The molecule has 1 aromatic rings. The highest BCUT2D eigenvalue weighted by molar-refractivity contribution is 6.30. The number of ether oxygens (including phenoxy) is 1. The number of nitrogens with two attached hydrogens (primary N) is 1. The van der Waals surface area contributed by atoms with E-state index >= 15 is 0 Å². The van der Waals surface area contributed by atoms with E-state index in [0.717, 1.165) is 18.7 Å². The monoisotopic (exact) mass is 397 g/mol. The maximum atomic E-state index is 11.0. The third-order valence-corrected chi connectivity index (χ3v) is 5.04. The summed E-state index contributed by atoms with van der Waals surface area (Å²) < 4.78 is 5.90. The van der Waals surface area contributed by atoms with Gasteiger partial charge in [-0.1, -0.05) is 24.4 Å². The highest BCUT2D eigenvalue weighted by atomic mass is 35.5. The molecule has 3 N–H and O–H groups in total. The van der Waals surface area contributed by atoms with Crippen molar-refractivity contribution in [1.29, 1.82) is 0 Å². The lowest BCUT2D eigenvalue weighted by Crippen LogP contribution is -2.36. The Bertz CT molecular complexity index is 592. The molecule has 1 atom stereocenters. The number of primary amides is 1. The molecule has 2 rings (SSSR count). The quantitative estimate of drug-likeness (QED) is 0.633. The van der Waals surface area contributed by atoms with E-state index in [4.69, 9.17) is 22.1 Å². The van der Waals surface area contributed by atoms with E-state index in [9.17, 15) is 9.90 Å². The van der Waals surface area contributed by atoms with E-state index in [1.165, 1.54) is 25.7 Å². The molecule has 0 radical (unpaired) electrons. The van der Waals surface area contributed by atoms with Gasteiger partial charge in [0.2, 0.25) is 5.91 Å². The van der Waals surface area contributed by atoms with Crippen molar-refractivity contribution in [2.75, 3.05) is 39.8 Å². The summed E-state index contributed by atoms with van der Waals surface area (Å²) >= 11 is 6.13. The molecule has 1 heterocycles. The number of nitrogens with zero attached hydrogens (tertiary/aromatic N) is 2. The molecule has 7 heteroatoms. The summed E-state index contributed by atoms with van der Waals surface area (Å²) in [5.41, 5.74) is 6.14. The predicted molar refractivity (Wildman–Crippen MR) is 108 cm³/mol. The van der Waals surface area contributed by atoms with Crippen LogP contribution in [0.25, 0.3) is 0 Å². The molecule has 152 valence electrons. The number of aliphatic hydroxyl groups excluding tert-OH is 1. The van der Waals surface area contributed by atoms with E-state index < -0.39 is 6.10 Å². The van der Waals surface area contributed by atoms with Crippen molar-refractivity contribution in [3.8, 4) is 5.75 Å². The fraction of sp³-hybridized carbons (Fsp3) is 0.650. The molecule has 1 aromatic carbocycles. The zero-order valence-corrected chi connectivity index (χ0v) is 17.0. The Morgan fingerprint density at radius 3 is 2.70 bits per heavy atom. The third-order valence-electron chi connectivity index (χ3n) is 4.80. The second-order valence-corrected chi connectivity index (χ2v) is 7.82. The number of halogens is 1. The fourth-order valence-corrected chi connectivity index (χ4v) is 3.53. The third kappa shape index (κ3) is 8.47. The van der Waals surface area contributed by atoms with Crippen LogP contribution in [0.4, 0.5) is 0 Å². The van der Waals surface area contributed by atoms with Crippen molar-refractivity contribution in [3.63, 3.8) is 0 Å². The smallest absolute Gasteiger partial charge is 0.218 e. The molecular weight excluding hydrogens is 366 g/mol. The minimum absolute atomic E-state index is 0.246. The van der Waals surface area contributed by atoms with Crippen LogP contribution in [0.2, 0.25) is 5.02 Å². The van der Waals surface area contributed by atoms with Gasteiger partial charge in [-0.25, -0.2) is 0 Å². The molecule has 1 aliphatic rings. The second kappa shape index (κ2) is 11.5. The van der Waals surface area contributed by atoms with E-state index in [0.29, 0.717) is 36.8 Å². The molecule has 0 bridgehead atoms. The summed E-state index contributed by atoms with van der Waals surface area (Å²) in [4.78, 5) is 15.3. The lowest BCUT2D eigenvalue weighted by atomic mass is 10.2. The van der Waals surface area contributed by atoms with Crippen LogP contribution in [-0.2, 0) is 11.3 Å². The predicted octanol–water partition coefficient (Wildman–Crippen LogP) is 2.26. The van der Waals surface area contributed by atoms with E-state index in [2.05, 4.69) is 4.90 Å². The summed E-state index contributed by atoms with van der Waals surface area (Å²) in [6.07, 6.45) is 4.74. The SMILES string of the molecule is CN(CCC(N)=O)Cc1cc(Cl)ccc1OCC(O)CN1CCCCCC1. The van der Waals surface area contributed by atoms with E-state index in [-0.39, 0.29) is 12.5 Å². The minimum Gasteiger partial charge on any atom is -0.491 e.